The number of aromatic nitrogens is 2. The maximum Gasteiger partial charge on any atom is 0.262 e. The van der Waals surface area contributed by atoms with Gasteiger partial charge in [-0.2, -0.15) is 0 Å². The van der Waals surface area contributed by atoms with Crippen LogP contribution in [-0.2, 0) is 19.4 Å². The highest BCUT2D eigenvalue weighted by Crippen LogP contribution is 2.35. The molecule has 2 atom stereocenters. The summed E-state index contributed by atoms with van der Waals surface area (Å²) in [6.45, 7) is 6.58. The molecule has 4 rings (SSSR count). The van der Waals surface area contributed by atoms with Crippen molar-refractivity contribution in [3.05, 3.63) is 56.4 Å². The van der Waals surface area contributed by atoms with Crippen LogP contribution in [0.15, 0.2) is 29.3 Å². The third-order valence-electron chi connectivity index (χ3n) is 5.45. The van der Waals surface area contributed by atoms with Gasteiger partial charge in [-0.3, -0.25) is 9.36 Å². The molecule has 1 aliphatic carbocycles. The maximum atomic E-state index is 13.0. The van der Waals surface area contributed by atoms with Gasteiger partial charge in [0.2, 0.25) is 0 Å². The van der Waals surface area contributed by atoms with Gasteiger partial charge in [0.25, 0.3) is 5.56 Å². The standard InChI is InChI=1S/C22H26N2O3S/c1-13-5-7-18(15(3)8-13)27-11-16(25)10-24-12-23-21-20(22(24)26)17-6-4-14(2)9-19(17)28-21/h5,7-8,12,14,16,25H,4,6,9-11H2,1-3H3. The van der Waals surface area contributed by atoms with E-state index in [1.165, 1.54) is 20.6 Å². The lowest BCUT2D eigenvalue weighted by molar-refractivity contribution is 0.0911. The molecule has 0 fully saturated rings. The van der Waals surface area contributed by atoms with Crippen molar-refractivity contribution in [2.75, 3.05) is 6.61 Å². The molecule has 2 heterocycles. The zero-order valence-electron chi connectivity index (χ0n) is 16.6. The molecule has 1 N–H and O–H groups in total. The Balaban J connectivity index is 1.51. The van der Waals surface area contributed by atoms with Gasteiger partial charge in [-0.05, 0) is 56.2 Å². The zero-order chi connectivity index (χ0) is 19.8. The molecule has 3 aromatic rings. The fraction of sp³-hybridized carbons (Fsp3) is 0.455. The van der Waals surface area contributed by atoms with Crippen molar-refractivity contribution in [1.82, 2.24) is 9.55 Å². The van der Waals surface area contributed by atoms with E-state index in [1.807, 2.05) is 32.0 Å². The minimum absolute atomic E-state index is 0.0531. The molecule has 0 aliphatic heterocycles. The number of hydrogen-bond donors (Lipinski definition) is 1. The zero-order valence-corrected chi connectivity index (χ0v) is 17.4. The predicted molar refractivity (Wildman–Crippen MR) is 112 cm³/mol. The Morgan fingerprint density at radius 2 is 2.21 bits per heavy atom. The fourth-order valence-corrected chi connectivity index (χ4v) is 5.26. The monoisotopic (exact) mass is 398 g/mol. The van der Waals surface area contributed by atoms with Crippen LogP contribution in [0.3, 0.4) is 0 Å². The van der Waals surface area contributed by atoms with Gasteiger partial charge in [0, 0.05) is 4.88 Å². The number of fused-ring (bicyclic) bond motifs is 3. The van der Waals surface area contributed by atoms with Crippen molar-refractivity contribution >= 4 is 21.6 Å². The number of rotatable bonds is 5. The number of ether oxygens (including phenoxy) is 1. The Hall–Kier alpha value is -2.18. The number of aliphatic hydroxyl groups excluding tert-OH is 1. The van der Waals surface area contributed by atoms with Crippen molar-refractivity contribution in [3.63, 3.8) is 0 Å². The van der Waals surface area contributed by atoms with Crippen molar-refractivity contribution in [1.29, 1.82) is 0 Å². The van der Waals surface area contributed by atoms with Crippen LogP contribution in [0.4, 0.5) is 0 Å². The Morgan fingerprint density at radius 1 is 1.39 bits per heavy atom. The first-order valence-electron chi connectivity index (χ1n) is 9.80. The molecule has 6 heteroatoms. The molecule has 1 aromatic carbocycles. The van der Waals surface area contributed by atoms with Crippen LogP contribution in [0, 0.1) is 19.8 Å². The lowest BCUT2D eigenvalue weighted by Gasteiger charge is -2.18. The van der Waals surface area contributed by atoms with E-state index in [0.29, 0.717) is 5.92 Å². The van der Waals surface area contributed by atoms with Crippen LogP contribution >= 0.6 is 11.3 Å². The van der Waals surface area contributed by atoms with Crippen LogP contribution in [0.2, 0.25) is 0 Å². The summed E-state index contributed by atoms with van der Waals surface area (Å²) >= 11 is 1.64. The molecule has 2 unspecified atom stereocenters. The quantitative estimate of drug-likeness (QED) is 0.713. The summed E-state index contributed by atoms with van der Waals surface area (Å²) in [7, 11) is 0. The van der Waals surface area contributed by atoms with E-state index in [1.54, 1.807) is 17.7 Å². The van der Waals surface area contributed by atoms with Crippen LogP contribution in [0.5, 0.6) is 5.75 Å². The van der Waals surface area contributed by atoms with Gasteiger partial charge >= 0.3 is 0 Å². The molecule has 0 spiro atoms. The summed E-state index contributed by atoms with van der Waals surface area (Å²) in [6, 6.07) is 5.94. The van der Waals surface area contributed by atoms with Crippen molar-refractivity contribution in [3.8, 4) is 5.75 Å². The van der Waals surface area contributed by atoms with Crippen LogP contribution in [0.1, 0.15) is 34.9 Å². The van der Waals surface area contributed by atoms with Crippen molar-refractivity contribution < 1.29 is 9.84 Å². The molecular weight excluding hydrogens is 372 g/mol. The molecule has 1 aliphatic rings. The predicted octanol–water partition coefficient (Wildman–Crippen LogP) is 3.64. The Kier molecular flexibility index (Phi) is 5.25. The smallest absolute Gasteiger partial charge is 0.262 e. The van der Waals surface area contributed by atoms with Gasteiger partial charge in [0.1, 0.15) is 23.3 Å². The topological polar surface area (TPSA) is 64.3 Å². The SMILES string of the molecule is Cc1ccc(OCC(O)Cn2cnc3sc4c(c3c2=O)CCC(C)C4)c(C)c1. The lowest BCUT2D eigenvalue weighted by Crippen LogP contribution is -2.30. The number of hydrogen-bond acceptors (Lipinski definition) is 5. The highest BCUT2D eigenvalue weighted by molar-refractivity contribution is 7.18. The number of nitrogens with zero attached hydrogens (tertiary/aromatic N) is 2. The van der Waals surface area contributed by atoms with E-state index in [9.17, 15) is 9.90 Å². The fourth-order valence-electron chi connectivity index (χ4n) is 3.92. The Morgan fingerprint density at radius 3 is 3.00 bits per heavy atom. The summed E-state index contributed by atoms with van der Waals surface area (Å²) < 4.78 is 7.27. The van der Waals surface area contributed by atoms with E-state index in [-0.39, 0.29) is 18.7 Å². The molecule has 148 valence electrons. The summed E-state index contributed by atoms with van der Waals surface area (Å²) in [5.41, 5.74) is 3.32. The molecule has 0 saturated heterocycles. The summed E-state index contributed by atoms with van der Waals surface area (Å²) in [4.78, 5) is 19.6. The molecule has 5 nitrogen and oxygen atoms in total. The third-order valence-corrected chi connectivity index (χ3v) is 6.61. The maximum absolute atomic E-state index is 13.0. The Labute approximate surface area is 168 Å². The highest BCUT2D eigenvalue weighted by atomic mass is 32.1. The van der Waals surface area contributed by atoms with Gasteiger partial charge in [0.15, 0.2) is 0 Å². The highest BCUT2D eigenvalue weighted by Gasteiger charge is 2.23. The first-order chi connectivity index (χ1) is 13.4. The third kappa shape index (κ3) is 3.71. The average molecular weight is 399 g/mol. The van der Waals surface area contributed by atoms with Crippen molar-refractivity contribution in [2.45, 2.75) is 52.7 Å². The second kappa shape index (κ2) is 7.68. The molecule has 0 radical (unpaired) electrons. The second-order valence-corrected chi connectivity index (χ2v) is 9.05. The number of aliphatic hydroxyl groups is 1. The number of aryl methyl sites for hydroxylation is 3. The Bertz CT molecular complexity index is 1070. The minimum atomic E-state index is -0.785. The first kappa shape index (κ1) is 19.2. The molecule has 2 aromatic heterocycles. The lowest BCUT2D eigenvalue weighted by atomic mass is 9.89. The van der Waals surface area contributed by atoms with E-state index >= 15 is 0 Å². The number of benzene rings is 1. The van der Waals surface area contributed by atoms with Gasteiger partial charge < -0.3 is 9.84 Å². The van der Waals surface area contributed by atoms with E-state index in [2.05, 4.69) is 11.9 Å². The van der Waals surface area contributed by atoms with Gasteiger partial charge in [0.05, 0.1) is 18.3 Å². The van der Waals surface area contributed by atoms with Gasteiger partial charge in [-0.25, -0.2) is 4.98 Å². The van der Waals surface area contributed by atoms with Crippen LogP contribution < -0.4 is 10.3 Å². The largest absolute Gasteiger partial charge is 0.491 e. The molecule has 0 amide bonds. The van der Waals surface area contributed by atoms with E-state index < -0.39 is 6.10 Å². The number of thiophene rings is 1. The summed E-state index contributed by atoms with van der Waals surface area (Å²) in [6.07, 6.45) is 3.85. The normalized spacial score (nSPS) is 17.5. The molecule has 0 bridgehead atoms. The van der Waals surface area contributed by atoms with E-state index in [4.69, 9.17) is 4.74 Å². The minimum Gasteiger partial charge on any atom is -0.491 e. The molecule has 0 saturated carbocycles. The van der Waals surface area contributed by atoms with Gasteiger partial charge in [-0.15, -0.1) is 11.3 Å². The van der Waals surface area contributed by atoms with E-state index in [0.717, 1.165) is 40.8 Å². The van der Waals surface area contributed by atoms with Crippen LogP contribution in [-0.4, -0.2) is 27.4 Å². The summed E-state index contributed by atoms with van der Waals surface area (Å²) in [5.74, 6) is 1.42. The molecular formula is C22H26N2O3S. The van der Waals surface area contributed by atoms with Gasteiger partial charge in [-0.1, -0.05) is 24.6 Å². The molecule has 28 heavy (non-hydrogen) atoms. The second-order valence-electron chi connectivity index (χ2n) is 7.97. The average Bonchev–Trinajstić information content (AvgIpc) is 3.01. The first-order valence-corrected chi connectivity index (χ1v) is 10.6. The van der Waals surface area contributed by atoms with Crippen LogP contribution in [0.25, 0.3) is 10.2 Å². The van der Waals surface area contributed by atoms with Crippen molar-refractivity contribution in [2.24, 2.45) is 5.92 Å². The summed E-state index contributed by atoms with van der Waals surface area (Å²) in [5, 5.41) is 11.2.